The van der Waals surface area contributed by atoms with Gasteiger partial charge in [0.15, 0.2) is 0 Å². The van der Waals surface area contributed by atoms with Crippen molar-refractivity contribution in [2.24, 2.45) is 5.41 Å². The Morgan fingerprint density at radius 1 is 1.22 bits per heavy atom. The Hall–Kier alpha value is -1.59. The van der Waals surface area contributed by atoms with E-state index >= 15 is 0 Å². The van der Waals surface area contributed by atoms with Gasteiger partial charge in [-0.05, 0) is 44.0 Å². The van der Waals surface area contributed by atoms with Crippen LogP contribution in [0.5, 0.6) is 5.75 Å². The van der Waals surface area contributed by atoms with Gasteiger partial charge >= 0.3 is 5.97 Å². The first kappa shape index (κ1) is 17.8. The van der Waals surface area contributed by atoms with Gasteiger partial charge in [0.05, 0.1) is 13.2 Å². The molecule has 0 aromatic heterocycles. The van der Waals surface area contributed by atoms with Gasteiger partial charge in [-0.25, -0.2) is 4.79 Å². The molecule has 6 heteroatoms. The van der Waals surface area contributed by atoms with Crippen LogP contribution in [-0.4, -0.2) is 37.7 Å². The molecule has 1 aliphatic rings. The number of hydrogen-bond donors (Lipinski definition) is 0. The Labute approximate surface area is 140 Å². The van der Waals surface area contributed by atoms with Crippen molar-refractivity contribution < 1.29 is 23.8 Å². The highest BCUT2D eigenvalue weighted by atomic mass is 35.5. The second-order valence-corrected chi connectivity index (χ2v) is 6.23. The molecule has 0 amide bonds. The van der Waals surface area contributed by atoms with Crippen molar-refractivity contribution >= 4 is 23.4 Å². The lowest BCUT2D eigenvalue weighted by molar-refractivity contribution is -0.161. The van der Waals surface area contributed by atoms with Crippen LogP contribution in [0.1, 0.15) is 26.7 Å². The summed E-state index contributed by atoms with van der Waals surface area (Å²) in [7, 11) is 0. The molecule has 1 unspecified atom stereocenters. The predicted molar refractivity (Wildman–Crippen MR) is 85.7 cm³/mol. The predicted octanol–water partition coefficient (Wildman–Crippen LogP) is 3.04. The average Bonchev–Trinajstić information content (AvgIpc) is 3.27. The molecule has 1 saturated carbocycles. The zero-order valence-corrected chi connectivity index (χ0v) is 14.1. The van der Waals surface area contributed by atoms with Crippen molar-refractivity contribution in [1.29, 1.82) is 0 Å². The van der Waals surface area contributed by atoms with E-state index in [0.717, 1.165) is 12.8 Å². The minimum Gasteiger partial charge on any atom is -0.491 e. The first-order chi connectivity index (χ1) is 11.0. The SMILES string of the molecule is CCOC(=O)C(=O)C(OCCOc1ccc(Cl)cc1)C1(C)CC1. The maximum absolute atomic E-state index is 12.2. The third kappa shape index (κ3) is 4.94. The van der Waals surface area contributed by atoms with E-state index in [1.54, 1.807) is 31.2 Å². The number of rotatable bonds is 9. The lowest BCUT2D eigenvalue weighted by Gasteiger charge is -2.21. The van der Waals surface area contributed by atoms with Gasteiger partial charge in [0.2, 0.25) is 0 Å². The minimum absolute atomic E-state index is 0.174. The average molecular weight is 341 g/mol. The zero-order valence-electron chi connectivity index (χ0n) is 13.3. The van der Waals surface area contributed by atoms with E-state index in [1.165, 1.54) is 0 Å². The van der Waals surface area contributed by atoms with E-state index in [0.29, 0.717) is 10.8 Å². The van der Waals surface area contributed by atoms with Crippen LogP contribution < -0.4 is 4.74 Å². The minimum atomic E-state index is -0.829. The molecule has 0 bridgehead atoms. The number of benzene rings is 1. The van der Waals surface area contributed by atoms with Crippen LogP contribution in [0.4, 0.5) is 0 Å². The second-order valence-electron chi connectivity index (χ2n) is 5.79. The van der Waals surface area contributed by atoms with Crippen molar-refractivity contribution in [3.63, 3.8) is 0 Å². The van der Waals surface area contributed by atoms with Crippen LogP contribution >= 0.6 is 11.6 Å². The third-order valence-corrected chi connectivity index (χ3v) is 4.09. The van der Waals surface area contributed by atoms with Crippen molar-refractivity contribution in [2.75, 3.05) is 19.8 Å². The molecule has 0 saturated heterocycles. The number of hydrogen-bond acceptors (Lipinski definition) is 5. The first-order valence-electron chi connectivity index (χ1n) is 7.67. The van der Waals surface area contributed by atoms with Crippen LogP contribution in [-0.2, 0) is 19.1 Å². The van der Waals surface area contributed by atoms with Crippen LogP contribution in [0.3, 0.4) is 0 Å². The second kappa shape index (κ2) is 7.79. The van der Waals surface area contributed by atoms with Gasteiger partial charge in [-0.15, -0.1) is 0 Å². The monoisotopic (exact) mass is 340 g/mol. The molecule has 1 aliphatic carbocycles. The smallest absolute Gasteiger partial charge is 0.377 e. The van der Waals surface area contributed by atoms with Crippen LogP contribution in [0.2, 0.25) is 5.02 Å². The highest BCUT2D eigenvalue weighted by Gasteiger charge is 2.51. The number of ether oxygens (including phenoxy) is 3. The lowest BCUT2D eigenvalue weighted by Crippen LogP contribution is -2.39. The van der Waals surface area contributed by atoms with Crippen LogP contribution in [0.15, 0.2) is 24.3 Å². The summed E-state index contributed by atoms with van der Waals surface area (Å²) in [6, 6.07) is 6.98. The van der Waals surface area contributed by atoms with Gasteiger partial charge in [0.1, 0.15) is 18.5 Å². The molecule has 1 atom stereocenters. The molecule has 1 fully saturated rings. The normalized spacial score (nSPS) is 16.5. The number of esters is 1. The lowest BCUT2D eigenvalue weighted by atomic mass is 9.98. The van der Waals surface area contributed by atoms with Gasteiger partial charge in [0.25, 0.3) is 5.78 Å². The molecule has 126 valence electrons. The maximum Gasteiger partial charge on any atom is 0.377 e. The Bertz CT molecular complexity index is 551. The van der Waals surface area contributed by atoms with Gasteiger partial charge in [0, 0.05) is 10.4 Å². The Morgan fingerprint density at radius 2 is 1.87 bits per heavy atom. The molecule has 23 heavy (non-hydrogen) atoms. The van der Waals surface area contributed by atoms with Gasteiger partial charge in [-0.1, -0.05) is 18.5 Å². The standard InChI is InChI=1S/C17H21ClO5/c1-3-21-16(20)14(19)15(17(2)8-9-17)23-11-10-22-13-6-4-12(18)5-7-13/h4-7,15H,3,8-11H2,1-2H3. The van der Waals surface area contributed by atoms with E-state index in [4.69, 9.17) is 25.8 Å². The number of carbonyl (C=O) groups excluding carboxylic acids is 2. The summed E-state index contributed by atoms with van der Waals surface area (Å²) in [6.45, 7) is 4.28. The highest BCUT2D eigenvalue weighted by molar-refractivity contribution is 6.35. The van der Waals surface area contributed by atoms with E-state index in [-0.39, 0.29) is 25.2 Å². The quantitative estimate of drug-likeness (QED) is 0.393. The summed E-state index contributed by atoms with van der Waals surface area (Å²) < 4.78 is 15.9. The molecule has 0 heterocycles. The maximum atomic E-state index is 12.2. The van der Waals surface area contributed by atoms with E-state index in [2.05, 4.69) is 0 Å². The van der Waals surface area contributed by atoms with Gasteiger partial charge in [-0.3, -0.25) is 4.79 Å². The largest absolute Gasteiger partial charge is 0.491 e. The first-order valence-corrected chi connectivity index (χ1v) is 8.05. The Morgan fingerprint density at radius 3 is 2.43 bits per heavy atom. The molecule has 1 aromatic rings. The Kier molecular flexibility index (Phi) is 6.02. The fraction of sp³-hybridized carbons (Fsp3) is 0.529. The topological polar surface area (TPSA) is 61.8 Å². The molecular formula is C17H21ClO5. The number of Topliss-reactive ketones (excluding diaryl/α,β-unsaturated/α-hetero) is 1. The summed E-state index contributed by atoms with van der Waals surface area (Å²) in [6.07, 6.45) is 0.956. The van der Waals surface area contributed by atoms with Crippen molar-refractivity contribution in [2.45, 2.75) is 32.8 Å². The Balaban J connectivity index is 1.83. The molecule has 0 aliphatic heterocycles. The molecule has 1 aromatic carbocycles. The molecular weight excluding hydrogens is 320 g/mol. The fourth-order valence-electron chi connectivity index (χ4n) is 2.22. The van der Waals surface area contributed by atoms with Gasteiger partial charge < -0.3 is 14.2 Å². The molecule has 0 N–H and O–H groups in total. The summed E-state index contributed by atoms with van der Waals surface area (Å²) in [5.41, 5.74) is -0.274. The molecule has 0 spiro atoms. The summed E-state index contributed by atoms with van der Waals surface area (Å²) in [4.78, 5) is 23.8. The summed E-state index contributed by atoms with van der Waals surface area (Å²) >= 11 is 5.80. The van der Waals surface area contributed by atoms with Crippen molar-refractivity contribution in [3.8, 4) is 5.75 Å². The molecule has 2 rings (SSSR count). The number of carbonyl (C=O) groups is 2. The van der Waals surface area contributed by atoms with E-state index in [9.17, 15) is 9.59 Å². The van der Waals surface area contributed by atoms with Crippen molar-refractivity contribution in [1.82, 2.24) is 0 Å². The molecule has 0 radical (unpaired) electrons. The highest BCUT2D eigenvalue weighted by Crippen LogP contribution is 2.49. The number of halogens is 1. The summed E-state index contributed by atoms with van der Waals surface area (Å²) in [5, 5.41) is 0.635. The third-order valence-electron chi connectivity index (χ3n) is 3.84. The van der Waals surface area contributed by atoms with E-state index in [1.807, 2.05) is 6.92 Å². The molecule has 5 nitrogen and oxygen atoms in total. The number of ketones is 1. The fourth-order valence-corrected chi connectivity index (χ4v) is 2.34. The van der Waals surface area contributed by atoms with E-state index < -0.39 is 17.9 Å². The van der Waals surface area contributed by atoms with Crippen LogP contribution in [0, 0.1) is 5.41 Å². The zero-order chi connectivity index (χ0) is 16.9. The summed E-state index contributed by atoms with van der Waals surface area (Å²) in [5.74, 6) is -0.772. The van der Waals surface area contributed by atoms with Crippen molar-refractivity contribution in [3.05, 3.63) is 29.3 Å². The van der Waals surface area contributed by atoms with Crippen LogP contribution in [0.25, 0.3) is 0 Å². The van der Waals surface area contributed by atoms with Gasteiger partial charge in [-0.2, -0.15) is 0 Å².